The van der Waals surface area contributed by atoms with Gasteiger partial charge in [0.2, 0.25) is 0 Å². The van der Waals surface area contributed by atoms with Crippen molar-refractivity contribution in [2.45, 2.75) is 51.4 Å². The van der Waals surface area contributed by atoms with Crippen LogP contribution >= 0.6 is 0 Å². The number of benzene rings is 1. The van der Waals surface area contributed by atoms with Crippen LogP contribution in [0.15, 0.2) is 30.8 Å². The average molecular weight is 302 g/mol. The van der Waals surface area contributed by atoms with E-state index in [9.17, 15) is 9.59 Å². The Labute approximate surface area is 133 Å². The molecule has 0 aliphatic carbocycles. The first kappa shape index (κ1) is 18.1. The van der Waals surface area contributed by atoms with Gasteiger partial charge in [-0.15, -0.1) is 0 Å². The number of ether oxygens (including phenoxy) is 1. The van der Waals surface area contributed by atoms with Crippen LogP contribution in [0.25, 0.3) is 5.57 Å². The van der Waals surface area contributed by atoms with Gasteiger partial charge in [0.05, 0.1) is 7.11 Å². The Morgan fingerprint density at radius 3 is 2.09 bits per heavy atom. The van der Waals surface area contributed by atoms with Crippen molar-refractivity contribution in [1.29, 1.82) is 0 Å². The van der Waals surface area contributed by atoms with E-state index >= 15 is 0 Å². The predicted octanol–water partition coefficient (Wildman–Crippen LogP) is 4.81. The van der Waals surface area contributed by atoms with Gasteiger partial charge in [-0.25, -0.2) is 0 Å². The second kappa shape index (κ2) is 10.8. The molecule has 120 valence electrons. The fraction of sp³-hybridized carbons (Fsp3) is 0.474. The molecular formula is C19H26O3. The van der Waals surface area contributed by atoms with Crippen LogP contribution in [0, 0.1) is 0 Å². The van der Waals surface area contributed by atoms with Crippen molar-refractivity contribution in [3.63, 3.8) is 0 Å². The van der Waals surface area contributed by atoms with Crippen molar-refractivity contribution in [1.82, 2.24) is 0 Å². The van der Waals surface area contributed by atoms with Crippen molar-refractivity contribution in [3.05, 3.63) is 42.0 Å². The topological polar surface area (TPSA) is 43.4 Å². The molecule has 3 nitrogen and oxygen atoms in total. The molecule has 0 aromatic heterocycles. The molecule has 0 saturated heterocycles. The third-order valence-corrected chi connectivity index (χ3v) is 3.79. The van der Waals surface area contributed by atoms with Gasteiger partial charge in [-0.2, -0.15) is 0 Å². The van der Waals surface area contributed by atoms with Gasteiger partial charge >= 0.3 is 5.97 Å². The number of allylic oxidation sites excluding steroid dienone is 1. The van der Waals surface area contributed by atoms with Gasteiger partial charge in [-0.1, -0.05) is 56.5 Å². The highest BCUT2D eigenvalue weighted by molar-refractivity contribution is 5.76. The molecule has 1 aromatic carbocycles. The zero-order valence-electron chi connectivity index (χ0n) is 13.5. The average Bonchev–Trinajstić information content (AvgIpc) is 2.56. The largest absolute Gasteiger partial charge is 0.469 e. The van der Waals surface area contributed by atoms with Crippen LogP contribution in [0.3, 0.4) is 0 Å². The van der Waals surface area contributed by atoms with Gasteiger partial charge in [-0.3, -0.25) is 9.59 Å². The van der Waals surface area contributed by atoms with E-state index in [0.717, 1.165) is 49.5 Å². The van der Waals surface area contributed by atoms with Crippen LogP contribution in [0.2, 0.25) is 0 Å². The summed E-state index contributed by atoms with van der Waals surface area (Å²) < 4.78 is 4.61. The normalized spacial score (nSPS) is 10.2. The Hall–Kier alpha value is -1.90. The number of carbonyl (C=O) groups excluding carboxylic acids is 2. The SMILES string of the molecule is C=C(CCCCCCCCC(=O)OC)c1ccc(C=O)cc1. The first-order chi connectivity index (χ1) is 10.7. The van der Waals surface area contributed by atoms with Crippen LogP contribution in [-0.2, 0) is 9.53 Å². The lowest BCUT2D eigenvalue weighted by Gasteiger charge is -2.06. The quantitative estimate of drug-likeness (QED) is 0.335. The molecule has 1 rings (SSSR count). The fourth-order valence-electron chi connectivity index (χ4n) is 2.36. The first-order valence-electron chi connectivity index (χ1n) is 7.97. The lowest BCUT2D eigenvalue weighted by molar-refractivity contribution is -0.140. The highest BCUT2D eigenvalue weighted by Gasteiger charge is 2.01. The van der Waals surface area contributed by atoms with E-state index in [4.69, 9.17) is 0 Å². The van der Waals surface area contributed by atoms with Crippen LogP contribution in [-0.4, -0.2) is 19.4 Å². The number of unbranched alkanes of at least 4 members (excludes halogenated alkanes) is 5. The molecule has 0 fully saturated rings. The van der Waals surface area contributed by atoms with Crippen molar-refractivity contribution in [2.75, 3.05) is 7.11 Å². The van der Waals surface area contributed by atoms with Crippen LogP contribution in [0.4, 0.5) is 0 Å². The van der Waals surface area contributed by atoms with Crippen molar-refractivity contribution in [3.8, 4) is 0 Å². The smallest absolute Gasteiger partial charge is 0.305 e. The first-order valence-corrected chi connectivity index (χ1v) is 7.97. The molecule has 0 radical (unpaired) electrons. The number of carbonyl (C=O) groups is 2. The van der Waals surface area contributed by atoms with E-state index in [-0.39, 0.29) is 5.97 Å². The van der Waals surface area contributed by atoms with E-state index in [1.54, 1.807) is 0 Å². The summed E-state index contributed by atoms with van der Waals surface area (Å²) in [7, 11) is 1.43. The van der Waals surface area contributed by atoms with Crippen molar-refractivity contribution in [2.24, 2.45) is 0 Å². The lowest BCUT2D eigenvalue weighted by atomic mass is 9.99. The fourth-order valence-corrected chi connectivity index (χ4v) is 2.36. The van der Waals surface area contributed by atoms with E-state index in [1.807, 2.05) is 24.3 Å². The molecule has 0 heterocycles. The maximum atomic E-state index is 10.9. The van der Waals surface area contributed by atoms with E-state index < -0.39 is 0 Å². The summed E-state index contributed by atoms with van der Waals surface area (Å²) in [5, 5.41) is 0. The minimum Gasteiger partial charge on any atom is -0.469 e. The molecule has 0 spiro atoms. The van der Waals surface area contributed by atoms with Gasteiger partial charge in [0, 0.05) is 12.0 Å². The van der Waals surface area contributed by atoms with Gasteiger partial charge in [0.25, 0.3) is 0 Å². The number of esters is 1. The van der Waals surface area contributed by atoms with Crippen molar-refractivity contribution < 1.29 is 14.3 Å². The Morgan fingerprint density at radius 1 is 1.00 bits per heavy atom. The summed E-state index contributed by atoms with van der Waals surface area (Å²) in [5.41, 5.74) is 2.94. The standard InChI is InChI=1S/C19H26O3/c1-16(18-13-11-17(15-20)12-14-18)9-7-5-3-4-6-8-10-19(21)22-2/h11-15H,1,3-10H2,2H3. The zero-order chi connectivity index (χ0) is 16.2. The Kier molecular flexibility index (Phi) is 8.89. The molecule has 0 amide bonds. The third kappa shape index (κ3) is 7.21. The third-order valence-electron chi connectivity index (χ3n) is 3.79. The van der Waals surface area contributed by atoms with E-state index in [1.165, 1.54) is 20.0 Å². The number of aldehydes is 1. The molecule has 1 aromatic rings. The maximum Gasteiger partial charge on any atom is 0.305 e. The molecule has 0 atom stereocenters. The number of methoxy groups -OCH3 is 1. The molecule has 22 heavy (non-hydrogen) atoms. The van der Waals surface area contributed by atoms with Crippen LogP contribution in [0.5, 0.6) is 0 Å². The zero-order valence-corrected chi connectivity index (χ0v) is 13.5. The number of hydrogen-bond acceptors (Lipinski definition) is 3. The predicted molar refractivity (Wildman–Crippen MR) is 89.8 cm³/mol. The summed E-state index contributed by atoms with van der Waals surface area (Å²) in [6.45, 7) is 4.12. The molecule has 0 bridgehead atoms. The highest BCUT2D eigenvalue weighted by atomic mass is 16.5. The summed E-state index contributed by atoms with van der Waals surface area (Å²) in [6.07, 6.45) is 9.05. The number of rotatable bonds is 11. The minimum absolute atomic E-state index is 0.114. The summed E-state index contributed by atoms with van der Waals surface area (Å²) >= 11 is 0. The monoisotopic (exact) mass is 302 g/mol. The molecule has 0 N–H and O–H groups in total. The van der Waals surface area contributed by atoms with Gasteiger partial charge in [0.15, 0.2) is 0 Å². The van der Waals surface area contributed by atoms with Crippen LogP contribution in [0.1, 0.15) is 67.3 Å². The maximum absolute atomic E-state index is 10.9. The molecular weight excluding hydrogens is 276 g/mol. The van der Waals surface area contributed by atoms with Crippen molar-refractivity contribution >= 4 is 17.8 Å². The second-order valence-electron chi connectivity index (χ2n) is 5.54. The Morgan fingerprint density at radius 2 is 1.55 bits per heavy atom. The van der Waals surface area contributed by atoms with Gasteiger partial charge < -0.3 is 4.74 Å². The summed E-state index contributed by atoms with van der Waals surface area (Å²) in [4.78, 5) is 21.6. The van der Waals surface area contributed by atoms with Gasteiger partial charge in [-0.05, 0) is 30.4 Å². The molecule has 0 unspecified atom stereocenters. The van der Waals surface area contributed by atoms with E-state index in [2.05, 4.69) is 11.3 Å². The lowest BCUT2D eigenvalue weighted by Crippen LogP contribution is -1.99. The Bertz CT molecular complexity index is 474. The second-order valence-corrected chi connectivity index (χ2v) is 5.54. The molecule has 0 saturated carbocycles. The summed E-state index contributed by atoms with van der Waals surface area (Å²) in [6, 6.07) is 7.57. The van der Waals surface area contributed by atoms with Crippen LogP contribution < -0.4 is 0 Å². The number of hydrogen-bond donors (Lipinski definition) is 0. The van der Waals surface area contributed by atoms with Gasteiger partial charge in [0.1, 0.15) is 6.29 Å². The minimum atomic E-state index is -0.114. The summed E-state index contributed by atoms with van der Waals surface area (Å²) in [5.74, 6) is -0.114. The highest BCUT2D eigenvalue weighted by Crippen LogP contribution is 2.20. The Balaban J connectivity index is 2.07. The molecule has 0 aliphatic heterocycles. The molecule has 3 heteroatoms. The van der Waals surface area contributed by atoms with E-state index in [0.29, 0.717) is 12.0 Å². The molecule has 0 aliphatic rings.